The average Bonchev–Trinajstić information content (AvgIpc) is 3.20. The van der Waals surface area contributed by atoms with E-state index in [1.54, 1.807) is 22.7 Å². The molecular weight excluding hydrogens is 435 g/mol. The van der Waals surface area contributed by atoms with Crippen LogP contribution >= 0.6 is 0 Å². The van der Waals surface area contributed by atoms with Gasteiger partial charge in [0.25, 0.3) is 5.91 Å². The Morgan fingerprint density at radius 3 is 2.12 bits per heavy atom. The summed E-state index contributed by atoms with van der Waals surface area (Å²) in [5.74, 6) is -0.212. The van der Waals surface area contributed by atoms with Crippen molar-refractivity contribution in [2.45, 2.75) is 6.18 Å². The molecule has 0 aliphatic carbocycles. The number of amides is 3. The van der Waals surface area contributed by atoms with Gasteiger partial charge in [0.1, 0.15) is 0 Å². The number of anilines is 1. The number of aromatic nitrogens is 2. The zero-order chi connectivity index (χ0) is 23.6. The van der Waals surface area contributed by atoms with E-state index < -0.39 is 17.8 Å². The zero-order valence-corrected chi connectivity index (χ0v) is 17.8. The molecule has 3 aromatic rings. The summed E-state index contributed by atoms with van der Waals surface area (Å²) in [6, 6.07) is 15.2. The maximum Gasteiger partial charge on any atom is 0.416 e. The molecule has 33 heavy (non-hydrogen) atoms. The lowest BCUT2D eigenvalue weighted by Crippen LogP contribution is -2.51. The van der Waals surface area contributed by atoms with Gasteiger partial charge >= 0.3 is 12.2 Å². The first-order valence-electron chi connectivity index (χ1n) is 10.3. The second kappa shape index (κ2) is 8.97. The van der Waals surface area contributed by atoms with Crippen molar-refractivity contribution in [3.05, 3.63) is 71.9 Å². The van der Waals surface area contributed by atoms with Crippen molar-refractivity contribution in [3.8, 4) is 11.3 Å². The fraction of sp³-hybridized carbons (Fsp3) is 0.261. The molecule has 1 N–H and O–H groups in total. The van der Waals surface area contributed by atoms with Crippen molar-refractivity contribution in [2.75, 3.05) is 31.5 Å². The van der Waals surface area contributed by atoms with Gasteiger partial charge in [0.15, 0.2) is 5.69 Å². The summed E-state index contributed by atoms with van der Waals surface area (Å²) in [4.78, 5) is 28.6. The molecule has 0 radical (unpaired) electrons. The molecule has 2 aromatic carbocycles. The number of piperazine rings is 1. The highest BCUT2D eigenvalue weighted by Crippen LogP contribution is 2.30. The predicted molar refractivity (Wildman–Crippen MR) is 117 cm³/mol. The maximum atomic E-state index is 12.9. The Hall–Kier alpha value is -3.82. The van der Waals surface area contributed by atoms with Crippen molar-refractivity contribution in [2.24, 2.45) is 7.05 Å². The molecule has 1 aliphatic heterocycles. The Kier molecular flexibility index (Phi) is 6.08. The largest absolute Gasteiger partial charge is 0.416 e. The van der Waals surface area contributed by atoms with Crippen molar-refractivity contribution in [1.29, 1.82) is 0 Å². The van der Waals surface area contributed by atoms with Crippen LogP contribution in [-0.4, -0.2) is 57.7 Å². The van der Waals surface area contributed by atoms with Crippen LogP contribution in [0.25, 0.3) is 11.3 Å². The molecule has 172 valence electrons. The lowest BCUT2D eigenvalue weighted by Gasteiger charge is -2.34. The molecule has 0 bridgehead atoms. The molecule has 1 saturated heterocycles. The van der Waals surface area contributed by atoms with Gasteiger partial charge in [-0.2, -0.15) is 18.3 Å². The normalized spacial score (nSPS) is 14.3. The van der Waals surface area contributed by atoms with Crippen molar-refractivity contribution < 1.29 is 22.8 Å². The van der Waals surface area contributed by atoms with Crippen molar-refractivity contribution >= 4 is 17.6 Å². The lowest BCUT2D eigenvalue weighted by molar-refractivity contribution is -0.137. The number of hydrogen-bond donors (Lipinski definition) is 1. The van der Waals surface area contributed by atoms with E-state index in [9.17, 15) is 22.8 Å². The summed E-state index contributed by atoms with van der Waals surface area (Å²) in [6.07, 6.45) is -4.43. The number of alkyl halides is 3. The van der Waals surface area contributed by atoms with Crippen LogP contribution in [0, 0.1) is 0 Å². The maximum absolute atomic E-state index is 12.9. The van der Waals surface area contributed by atoms with Crippen LogP contribution in [0.4, 0.5) is 23.7 Å². The standard InChI is InChI=1S/C23H22F3N5O2/c1-29-20(16-5-3-2-4-6-16)15-19(28-29)21(32)30-11-13-31(14-12-30)22(33)27-18-9-7-17(8-10-18)23(24,25)26/h2-10,15H,11-14H2,1H3,(H,27,33). The average molecular weight is 457 g/mol. The smallest absolute Gasteiger partial charge is 0.334 e. The van der Waals surface area contributed by atoms with Crippen LogP contribution in [-0.2, 0) is 13.2 Å². The number of carbonyl (C=O) groups excluding carboxylic acids is 2. The first-order chi connectivity index (χ1) is 15.7. The number of benzene rings is 2. The van der Waals surface area contributed by atoms with E-state index in [1.807, 2.05) is 30.3 Å². The van der Waals surface area contributed by atoms with Gasteiger partial charge in [0.2, 0.25) is 0 Å². The van der Waals surface area contributed by atoms with Gasteiger partial charge in [0.05, 0.1) is 11.3 Å². The number of rotatable bonds is 3. The molecule has 0 saturated carbocycles. The Labute approximate surface area is 188 Å². The lowest BCUT2D eigenvalue weighted by atomic mass is 10.1. The number of halogens is 3. The summed E-state index contributed by atoms with van der Waals surface area (Å²) in [6.45, 7) is 1.26. The highest BCUT2D eigenvalue weighted by Gasteiger charge is 2.30. The second-order valence-corrected chi connectivity index (χ2v) is 7.69. The Morgan fingerprint density at radius 2 is 1.52 bits per heavy atom. The van der Waals surface area contributed by atoms with Crippen molar-refractivity contribution in [1.82, 2.24) is 19.6 Å². The zero-order valence-electron chi connectivity index (χ0n) is 17.8. The van der Waals surface area contributed by atoms with Crippen LogP contribution in [0.2, 0.25) is 0 Å². The monoisotopic (exact) mass is 457 g/mol. The summed E-state index contributed by atoms with van der Waals surface area (Å²) >= 11 is 0. The topological polar surface area (TPSA) is 70.5 Å². The van der Waals surface area contributed by atoms with Crippen LogP contribution in [0.3, 0.4) is 0 Å². The molecule has 0 spiro atoms. The molecule has 1 fully saturated rings. The fourth-order valence-electron chi connectivity index (χ4n) is 3.67. The van der Waals surface area contributed by atoms with E-state index in [-0.39, 0.29) is 11.6 Å². The first-order valence-corrected chi connectivity index (χ1v) is 10.3. The molecule has 0 atom stereocenters. The minimum Gasteiger partial charge on any atom is -0.334 e. The van der Waals surface area contributed by atoms with E-state index in [2.05, 4.69) is 10.4 Å². The van der Waals surface area contributed by atoms with Gasteiger partial charge in [-0.1, -0.05) is 30.3 Å². The van der Waals surface area contributed by atoms with Gasteiger partial charge in [-0.3, -0.25) is 9.48 Å². The van der Waals surface area contributed by atoms with Crippen LogP contribution < -0.4 is 5.32 Å². The number of hydrogen-bond acceptors (Lipinski definition) is 3. The summed E-state index contributed by atoms with van der Waals surface area (Å²) < 4.78 is 39.7. The van der Waals surface area contributed by atoms with E-state index in [0.717, 1.165) is 23.4 Å². The highest BCUT2D eigenvalue weighted by molar-refractivity contribution is 5.94. The van der Waals surface area contributed by atoms with Gasteiger partial charge in [-0.25, -0.2) is 4.79 Å². The molecule has 3 amide bonds. The summed E-state index contributed by atoms with van der Waals surface area (Å²) in [7, 11) is 1.78. The first kappa shape index (κ1) is 22.4. The van der Waals surface area contributed by atoms with Crippen LogP contribution in [0.15, 0.2) is 60.7 Å². The van der Waals surface area contributed by atoms with Gasteiger partial charge in [-0.15, -0.1) is 0 Å². The molecule has 10 heteroatoms. The number of urea groups is 1. The molecule has 1 aromatic heterocycles. The SMILES string of the molecule is Cn1nc(C(=O)N2CCN(C(=O)Nc3ccc(C(F)(F)F)cc3)CC2)cc1-c1ccccc1. The third-order valence-electron chi connectivity index (χ3n) is 5.49. The van der Waals surface area contributed by atoms with Gasteiger partial charge < -0.3 is 15.1 Å². The number of carbonyl (C=O) groups is 2. The number of nitrogens with zero attached hydrogens (tertiary/aromatic N) is 4. The summed E-state index contributed by atoms with van der Waals surface area (Å²) in [5, 5.41) is 6.94. The Morgan fingerprint density at radius 1 is 0.909 bits per heavy atom. The predicted octanol–water partition coefficient (Wildman–Crippen LogP) is 4.10. The van der Waals surface area contributed by atoms with Gasteiger partial charge in [-0.05, 0) is 35.9 Å². The minimum absolute atomic E-state index is 0.212. The van der Waals surface area contributed by atoms with Crippen molar-refractivity contribution in [3.63, 3.8) is 0 Å². The van der Waals surface area contributed by atoms with Crippen LogP contribution in [0.5, 0.6) is 0 Å². The van der Waals surface area contributed by atoms with Crippen LogP contribution in [0.1, 0.15) is 16.1 Å². The Balaban J connectivity index is 1.34. The number of nitrogens with one attached hydrogen (secondary N) is 1. The third kappa shape index (κ3) is 5.00. The van der Waals surface area contributed by atoms with E-state index in [0.29, 0.717) is 31.9 Å². The van der Waals surface area contributed by atoms with E-state index in [1.165, 1.54) is 17.0 Å². The minimum atomic E-state index is -4.43. The quantitative estimate of drug-likeness (QED) is 0.644. The van der Waals surface area contributed by atoms with E-state index in [4.69, 9.17) is 0 Å². The summed E-state index contributed by atoms with van der Waals surface area (Å²) in [5.41, 5.74) is 1.61. The third-order valence-corrected chi connectivity index (χ3v) is 5.49. The molecule has 4 rings (SSSR count). The molecule has 1 aliphatic rings. The second-order valence-electron chi connectivity index (χ2n) is 7.69. The molecule has 7 nitrogen and oxygen atoms in total. The van der Waals surface area contributed by atoms with E-state index >= 15 is 0 Å². The van der Waals surface area contributed by atoms with Gasteiger partial charge in [0, 0.05) is 38.9 Å². The molecule has 0 unspecified atom stereocenters. The highest BCUT2D eigenvalue weighted by atomic mass is 19.4. The number of aryl methyl sites for hydroxylation is 1. The Bertz CT molecular complexity index is 1140. The molecule has 2 heterocycles. The fourth-order valence-corrected chi connectivity index (χ4v) is 3.67. The molecular formula is C23H22F3N5O2.